The monoisotopic (exact) mass is 220 g/mol. The Morgan fingerprint density at radius 2 is 2.00 bits per heavy atom. The smallest absolute Gasteiger partial charge is 0.225 e. The highest BCUT2D eigenvalue weighted by atomic mass is 35.5. The lowest BCUT2D eigenvalue weighted by atomic mass is 10.3. The molecule has 0 saturated heterocycles. The number of carbonyl (C=O) groups is 1. The largest absolute Gasteiger partial charge is 0.506 e. The van der Waals surface area contributed by atoms with Crippen LogP contribution in [0.15, 0.2) is 12.1 Å². The fraction of sp³-hybridized carbons (Fsp3) is 0. The van der Waals surface area contributed by atoms with Gasteiger partial charge in [0.2, 0.25) is 6.41 Å². The number of amides is 1. The zero-order chi connectivity index (χ0) is 9.84. The molecule has 0 aromatic heterocycles. The third-order valence-electron chi connectivity index (χ3n) is 1.30. The maximum absolute atomic E-state index is 9.94. The van der Waals surface area contributed by atoms with E-state index in [1.165, 1.54) is 12.1 Å². The molecule has 3 N–H and O–H groups in total. The van der Waals surface area contributed by atoms with Gasteiger partial charge in [0.15, 0.2) is 0 Å². The normalized spacial score (nSPS) is 9.38. The zero-order valence-electron chi connectivity index (χ0n) is 6.34. The van der Waals surface area contributed by atoms with E-state index in [1.807, 2.05) is 0 Å². The third-order valence-corrected chi connectivity index (χ3v) is 1.92. The van der Waals surface area contributed by atoms with Crippen LogP contribution >= 0.6 is 23.2 Å². The molecule has 0 unspecified atom stereocenters. The van der Waals surface area contributed by atoms with Crippen LogP contribution in [0.25, 0.3) is 0 Å². The molecule has 0 spiro atoms. The lowest BCUT2D eigenvalue weighted by molar-refractivity contribution is -0.109. The van der Waals surface area contributed by atoms with Gasteiger partial charge in [-0.3, -0.25) is 15.6 Å². The quantitative estimate of drug-likeness (QED) is 0.538. The average molecular weight is 221 g/mol. The standard InChI is InChI=1S/C7H6Cl2N2O2/c8-4-1-5(9)7(13)2-6(4)11-10-3-12/h1-3,11,13H,(H,10,12). The number of phenols is 1. The van der Waals surface area contributed by atoms with Gasteiger partial charge in [0.05, 0.1) is 15.7 Å². The first-order valence-corrected chi connectivity index (χ1v) is 4.04. The van der Waals surface area contributed by atoms with Crippen LogP contribution < -0.4 is 10.9 Å². The van der Waals surface area contributed by atoms with E-state index in [9.17, 15) is 9.90 Å². The summed E-state index contributed by atoms with van der Waals surface area (Å²) < 4.78 is 0. The SMILES string of the molecule is O=CNNc1cc(O)c(Cl)cc1Cl. The zero-order valence-corrected chi connectivity index (χ0v) is 7.86. The minimum Gasteiger partial charge on any atom is -0.506 e. The molecular formula is C7H6Cl2N2O2. The van der Waals surface area contributed by atoms with Gasteiger partial charge in [0.25, 0.3) is 0 Å². The van der Waals surface area contributed by atoms with E-state index in [0.717, 1.165) is 0 Å². The second-order valence-electron chi connectivity index (χ2n) is 2.17. The Kier molecular flexibility index (Phi) is 3.22. The number of hydrogen-bond acceptors (Lipinski definition) is 3. The van der Waals surface area contributed by atoms with Crippen molar-refractivity contribution in [2.75, 3.05) is 5.43 Å². The molecule has 13 heavy (non-hydrogen) atoms. The predicted octanol–water partition coefficient (Wildman–Crippen LogP) is 1.77. The van der Waals surface area contributed by atoms with Crippen LogP contribution in [-0.2, 0) is 4.79 Å². The molecule has 70 valence electrons. The topological polar surface area (TPSA) is 61.4 Å². The maximum atomic E-state index is 9.94. The molecule has 0 bridgehead atoms. The molecule has 1 rings (SSSR count). The molecule has 0 atom stereocenters. The summed E-state index contributed by atoms with van der Waals surface area (Å²) >= 11 is 11.3. The minimum absolute atomic E-state index is 0.110. The third kappa shape index (κ3) is 2.40. The van der Waals surface area contributed by atoms with E-state index in [-0.39, 0.29) is 10.8 Å². The van der Waals surface area contributed by atoms with Gasteiger partial charge < -0.3 is 5.11 Å². The van der Waals surface area contributed by atoms with E-state index in [1.54, 1.807) is 0 Å². The number of carbonyl (C=O) groups excluding carboxylic acids is 1. The van der Waals surface area contributed by atoms with Crippen molar-refractivity contribution in [3.63, 3.8) is 0 Å². The number of hydrazine groups is 1. The summed E-state index contributed by atoms with van der Waals surface area (Å²) in [5.41, 5.74) is 5.02. The molecule has 0 heterocycles. The molecule has 1 aromatic rings. The van der Waals surface area contributed by atoms with E-state index in [0.29, 0.717) is 17.1 Å². The molecule has 0 aliphatic rings. The number of phenolic OH excluding ortho intramolecular Hbond substituents is 1. The van der Waals surface area contributed by atoms with Crippen LogP contribution in [0.5, 0.6) is 5.75 Å². The number of hydrogen-bond donors (Lipinski definition) is 3. The van der Waals surface area contributed by atoms with Gasteiger partial charge >= 0.3 is 0 Å². The van der Waals surface area contributed by atoms with Gasteiger partial charge in [-0.2, -0.15) is 0 Å². The van der Waals surface area contributed by atoms with E-state index in [2.05, 4.69) is 10.9 Å². The molecule has 4 nitrogen and oxygen atoms in total. The van der Waals surface area contributed by atoms with E-state index >= 15 is 0 Å². The number of nitrogens with one attached hydrogen (secondary N) is 2. The fourth-order valence-corrected chi connectivity index (χ4v) is 1.17. The van der Waals surface area contributed by atoms with Crippen LogP contribution in [0.4, 0.5) is 5.69 Å². The number of rotatable bonds is 3. The maximum Gasteiger partial charge on any atom is 0.225 e. The highest BCUT2D eigenvalue weighted by Gasteiger charge is 2.05. The number of halogens is 2. The fourth-order valence-electron chi connectivity index (χ4n) is 0.741. The first-order chi connectivity index (χ1) is 6.15. The molecule has 0 aliphatic carbocycles. The Balaban J connectivity index is 2.94. The molecule has 1 aromatic carbocycles. The number of aromatic hydroxyl groups is 1. The molecule has 0 fully saturated rings. The summed E-state index contributed by atoms with van der Waals surface area (Å²) in [6.07, 6.45) is 0.446. The highest BCUT2D eigenvalue weighted by Crippen LogP contribution is 2.32. The molecular weight excluding hydrogens is 215 g/mol. The van der Waals surface area contributed by atoms with Crippen molar-refractivity contribution < 1.29 is 9.90 Å². The second kappa shape index (κ2) is 4.20. The Morgan fingerprint density at radius 3 is 2.62 bits per heavy atom. The highest BCUT2D eigenvalue weighted by molar-refractivity contribution is 6.37. The molecule has 0 radical (unpaired) electrons. The Hall–Kier alpha value is -1.13. The summed E-state index contributed by atoms with van der Waals surface area (Å²) in [7, 11) is 0. The van der Waals surface area contributed by atoms with Crippen molar-refractivity contribution in [2.24, 2.45) is 0 Å². The Labute approximate surface area is 84.4 Å². The predicted molar refractivity (Wildman–Crippen MR) is 50.9 cm³/mol. The molecule has 0 saturated carbocycles. The molecule has 6 heteroatoms. The molecule has 1 amide bonds. The van der Waals surface area contributed by atoms with Crippen molar-refractivity contribution in [3.05, 3.63) is 22.2 Å². The van der Waals surface area contributed by atoms with Gasteiger partial charge in [-0.15, -0.1) is 0 Å². The summed E-state index contributed by atoms with van der Waals surface area (Å²) in [6, 6.07) is 2.68. The van der Waals surface area contributed by atoms with Crippen LogP contribution in [0.1, 0.15) is 0 Å². The van der Waals surface area contributed by atoms with Crippen LogP contribution in [0.2, 0.25) is 10.0 Å². The van der Waals surface area contributed by atoms with Crippen LogP contribution in [-0.4, -0.2) is 11.5 Å². The van der Waals surface area contributed by atoms with E-state index in [4.69, 9.17) is 23.2 Å². The summed E-state index contributed by atoms with van der Waals surface area (Å²) in [6.45, 7) is 0. The van der Waals surface area contributed by atoms with Crippen molar-refractivity contribution in [3.8, 4) is 5.75 Å². The first kappa shape index (κ1) is 9.95. The van der Waals surface area contributed by atoms with Crippen LogP contribution in [0, 0.1) is 0 Å². The van der Waals surface area contributed by atoms with Crippen molar-refractivity contribution >= 4 is 35.3 Å². The van der Waals surface area contributed by atoms with Crippen molar-refractivity contribution in [2.45, 2.75) is 0 Å². The average Bonchev–Trinajstić information content (AvgIpc) is 2.09. The minimum atomic E-state index is -0.110. The lowest BCUT2D eigenvalue weighted by Gasteiger charge is -2.07. The molecule has 0 aliphatic heterocycles. The van der Waals surface area contributed by atoms with Crippen molar-refractivity contribution in [1.82, 2.24) is 5.43 Å². The first-order valence-electron chi connectivity index (χ1n) is 3.28. The Morgan fingerprint density at radius 1 is 1.31 bits per heavy atom. The second-order valence-corrected chi connectivity index (χ2v) is 2.99. The van der Waals surface area contributed by atoms with Crippen LogP contribution in [0.3, 0.4) is 0 Å². The van der Waals surface area contributed by atoms with Gasteiger partial charge in [0, 0.05) is 6.07 Å². The Bertz CT molecular complexity index is 331. The van der Waals surface area contributed by atoms with Crippen molar-refractivity contribution in [1.29, 1.82) is 0 Å². The summed E-state index contributed by atoms with van der Waals surface area (Å²) in [4.78, 5) is 9.94. The lowest BCUT2D eigenvalue weighted by Crippen LogP contribution is -2.19. The van der Waals surface area contributed by atoms with Gasteiger partial charge in [-0.1, -0.05) is 23.2 Å². The summed E-state index contributed by atoms with van der Waals surface area (Å²) in [5.74, 6) is -0.110. The summed E-state index contributed by atoms with van der Waals surface area (Å²) in [5, 5.41) is 9.63. The number of benzene rings is 1. The van der Waals surface area contributed by atoms with Gasteiger partial charge in [-0.05, 0) is 6.07 Å². The van der Waals surface area contributed by atoms with Gasteiger partial charge in [-0.25, -0.2) is 0 Å². The van der Waals surface area contributed by atoms with Gasteiger partial charge in [0.1, 0.15) is 5.75 Å². The van der Waals surface area contributed by atoms with E-state index < -0.39 is 0 Å². The number of anilines is 1.